The highest BCUT2D eigenvalue weighted by Gasteiger charge is 2.35. The van der Waals surface area contributed by atoms with Crippen molar-refractivity contribution in [1.82, 2.24) is 19.5 Å². The van der Waals surface area contributed by atoms with E-state index in [1.807, 2.05) is 6.92 Å². The maximum atomic E-state index is 15.5. The first-order valence-corrected chi connectivity index (χ1v) is 14.0. The van der Waals surface area contributed by atoms with Crippen molar-refractivity contribution in [2.24, 2.45) is 0 Å². The minimum absolute atomic E-state index is 0.000402. The lowest BCUT2D eigenvalue weighted by atomic mass is 9.91. The van der Waals surface area contributed by atoms with Crippen LogP contribution >= 0.6 is 0 Å². The minimum Gasteiger partial charge on any atom is -0.490 e. The zero-order valence-electron chi connectivity index (χ0n) is 25.0. The summed E-state index contributed by atoms with van der Waals surface area (Å²) in [5.41, 5.74) is 2.28. The molecule has 1 amide bonds. The Morgan fingerprint density at radius 3 is 2.56 bits per heavy atom. The number of benzene rings is 2. The first kappa shape index (κ1) is 30.1. The monoisotopic (exact) mass is 592 g/mol. The lowest BCUT2D eigenvalue weighted by molar-refractivity contribution is -0.160. The van der Waals surface area contributed by atoms with Gasteiger partial charge in [0.05, 0.1) is 17.9 Å². The first-order chi connectivity index (χ1) is 20.3. The second-order valence-electron chi connectivity index (χ2n) is 11.8. The third kappa shape index (κ3) is 5.81. The second kappa shape index (κ2) is 11.4. The predicted octanol–water partition coefficient (Wildman–Crippen LogP) is 5.83. The molecule has 2 aromatic carbocycles. The molecule has 0 saturated carbocycles. The summed E-state index contributed by atoms with van der Waals surface area (Å²) in [4.78, 5) is 32.1. The Morgan fingerprint density at radius 1 is 1.16 bits per heavy atom. The van der Waals surface area contributed by atoms with Crippen LogP contribution in [0.5, 0.6) is 5.75 Å². The molecule has 1 aliphatic heterocycles. The molecular formula is C32H34F2N4O5. The van der Waals surface area contributed by atoms with Gasteiger partial charge in [-0.1, -0.05) is 18.2 Å². The molecule has 9 nitrogen and oxygen atoms in total. The fraction of sp³-hybridized carbons (Fsp3) is 0.375. The molecule has 226 valence electrons. The highest BCUT2D eigenvalue weighted by molar-refractivity contribution is 5.93. The van der Waals surface area contributed by atoms with Gasteiger partial charge in [0, 0.05) is 47.6 Å². The number of aromatic nitrogens is 3. The van der Waals surface area contributed by atoms with E-state index in [9.17, 15) is 19.1 Å². The van der Waals surface area contributed by atoms with E-state index in [1.54, 1.807) is 45.9 Å². The number of nitrogens with zero attached hydrogens (tertiary/aromatic N) is 4. The molecule has 0 radical (unpaired) electrons. The summed E-state index contributed by atoms with van der Waals surface area (Å²) in [5.74, 6) is -2.59. The van der Waals surface area contributed by atoms with Crippen LogP contribution in [0.4, 0.5) is 8.78 Å². The number of halogens is 2. The number of rotatable bonds is 7. The Balaban J connectivity index is 1.73. The van der Waals surface area contributed by atoms with Crippen molar-refractivity contribution in [2.45, 2.75) is 65.7 Å². The summed E-state index contributed by atoms with van der Waals surface area (Å²) in [5, 5.41) is 14.9. The van der Waals surface area contributed by atoms with Crippen LogP contribution in [0.2, 0.25) is 0 Å². The quantitative estimate of drug-likeness (QED) is 0.288. The van der Waals surface area contributed by atoms with Gasteiger partial charge in [0.2, 0.25) is 0 Å². The van der Waals surface area contributed by atoms with E-state index in [0.29, 0.717) is 47.4 Å². The fourth-order valence-electron chi connectivity index (χ4n) is 5.45. The normalized spacial score (nSPS) is 13.9. The number of ether oxygens (including phenoxy) is 2. The summed E-state index contributed by atoms with van der Waals surface area (Å²) in [6.45, 7) is 9.08. The number of carbonyl (C=O) groups is 2. The van der Waals surface area contributed by atoms with Crippen molar-refractivity contribution in [3.8, 4) is 17.0 Å². The Kier molecular flexibility index (Phi) is 7.95. The molecule has 0 saturated heterocycles. The zero-order chi connectivity index (χ0) is 31.2. The van der Waals surface area contributed by atoms with Gasteiger partial charge in [-0.25, -0.2) is 23.1 Å². The van der Waals surface area contributed by atoms with E-state index in [0.717, 1.165) is 0 Å². The molecule has 1 aliphatic rings. The Hall–Kier alpha value is -4.38. The fourth-order valence-corrected chi connectivity index (χ4v) is 5.45. The van der Waals surface area contributed by atoms with Gasteiger partial charge >= 0.3 is 5.97 Å². The van der Waals surface area contributed by atoms with Gasteiger partial charge in [-0.15, -0.1) is 0 Å². The van der Waals surface area contributed by atoms with E-state index in [1.165, 1.54) is 34.7 Å². The number of carboxylic acid groups (broad SMARTS) is 1. The van der Waals surface area contributed by atoms with Crippen LogP contribution in [0.15, 0.2) is 36.4 Å². The molecule has 0 unspecified atom stereocenters. The van der Waals surface area contributed by atoms with E-state index in [4.69, 9.17) is 9.47 Å². The summed E-state index contributed by atoms with van der Waals surface area (Å²) in [7, 11) is 1.53. The van der Waals surface area contributed by atoms with Crippen molar-refractivity contribution in [2.75, 3.05) is 13.7 Å². The van der Waals surface area contributed by atoms with Gasteiger partial charge in [0.25, 0.3) is 5.91 Å². The van der Waals surface area contributed by atoms with E-state index in [-0.39, 0.29) is 34.9 Å². The summed E-state index contributed by atoms with van der Waals surface area (Å²) in [6, 6.07) is 8.96. The highest BCUT2D eigenvalue weighted by atomic mass is 19.1. The number of fused-ring (bicyclic) bond motifs is 2. The SMILES string of the molecule is Cc1nc2cc(C(=O)N(C)Cc3ccccc3F)nn2c(-c2cc(F)c3c(c2C)CCCO3)c1[C@H](OC(C)(C)C)C(=O)O. The number of carbonyl (C=O) groups excluding carboxylic acids is 1. The van der Waals surface area contributed by atoms with Gasteiger partial charge in [0.1, 0.15) is 5.82 Å². The molecule has 11 heteroatoms. The van der Waals surface area contributed by atoms with Gasteiger partial charge in [-0.2, -0.15) is 5.10 Å². The molecule has 0 bridgehead atoms. The third-order valence-electron chi connectivity index (χ3n) is 7.41. The molecule has 1 N–H and O–H groups in total. The van der Waals surface area contributed by atoms with Gasteiger partial charge < -0.3 is 19.5 Å². The third-order valence-corrected chi connectivity index (χ3v) is 7.41. The molecule has 4 aromatic rings. The predicted molar refractivity (Wildman–Crippen MR) is 155 cm³/mol. The summed E-state index contributed by atoms with van der Waals surface area (Å²) < 4.78 is 42.8. The number of hydrogen-bond acceptors (Lipinski definition) is 6. The number of aliphatic carboxylic acids is 1. The lowest BCUT2D eigenvalue weighted by Gasteiger charge is -2.28. The highest BCUT2D eigenvalue weighted by Crippen LogP contribution is 2.41. The van der Waals surface area contributed by atoms with Crippen LogP contribution in [0.1, 0.15) is 71.7 Å². The minimum atomic E-state index is -1.48. The van der Waals surface area contributed by atoms with E-state index >= 15 is 4.39 Å². The molecule has 0 spiro atoms. The molecule has 43 heavy (non-hydrogen) atoms. The van der Waals surface area contributed by atoms with Gasteiger partial charge in [-0.05, 0) is 65.2 Å². The number of hydrogen-bond donors (Lipinski definition) is 1. The smallest absolute Gasteiger partial charge is 0.337 e. The average Bonchev–Trinajstić information content (AvgIpc) is 3.37. The topological polar surface area (TPSA) is 106 Å². The van der Waals surface area contributed by atoms with Crippen LogP contribution in [0.3, 0.4) is 0 Å². The van der Waals surface area contributed by atoms with E-state index < -0.39 is 35.2 Å². The van der Waals surface area contributed by atoms with Crippen molar-refractivity contribution < 1.29 is 33.0 Å². The van der Waals surface area contributed by atoms with Crippen LogP contribution in [-0.4, -0.2) is 55.7 Å². The molecule has 1 atom stereocenters. The summed E-state index contributed by atoms with van der Waals surface area (Å²) >= 11 is 0. The Labute approximate surface area is 248 Å². The molecule has 0 aliphatic carbocycles. The maximum Gasteiger partial charge on any atom is 0.337 e. The zero-order valence-corrected chi connectivity index (χ0v) is 25.0. The first-order valence-electron chi connectivity index (χ1n) is 14.0. The van der Waals surface area contributed by atoms with Crippen LogP contribution in [-0.2, 0) is 22.5 Å². The Morgan fingerprint density at radius 2 is 1.88 bits per heavy atom. The van der Waals surface area contributed by atoms with Crippen molar-refractivity contribution in [3.63, 3.8) is 0 Å². The molecule has 0 fully saturated rings. The maximum absolute atomic E-state index is 15.5. The number of amides is 1. The largest absolute Gasteiger partial charge is 0.490 e. The van der Waals surface area contributed by atoms with Gasteiger partial charge in [0.15, 0.2) is 29.0 Å². The van der Waals surface area contributed by atoms with Crippen molar-refractivity contribution in [1.29, 1.82) is 0 Å². The average molecular weight is 593 g/mol. The Bertz CT molecular complexity index is 1740. The van der Waals surface area contributed by atoms with Gasteiger partial charge in [-0.3, -0.25) is 4.79 Å². The number of aryl methyl sites for hydroxylation is 1. The lowest BCUT2D eigenvalue weighted by Crippen LogP contribution is -2.29. The molecule has 2 aromatic heterocycles. The van der Waals surface area contributed by atoms with Crippen LogP contribution in [0.25, 0.3) is 16.9 Å². The van der Waals surface area contributed by atoms with Crippen LogP contribution < -0.4 is 4.74 Å². The van der Waals surface area contributed by atoms with Crippen molar-refractivity contribution >= 4 is 17.5 Å². The summed E-state index contributed by atoms with van der Waals surface area (Å²) in [6.07, 6.45) is -0.193. The molecule has 5 rings (SSSR count). The second-order valence-corrected chi connectivity index (χ2v) is 11.8. The number of carboxylic acids is 1. The standard InChI is InChI=1S/C32H34F2N4O5/c1-17-20-11-9-13-42-28(20)23(34)14-21(17)27-26(29(31(40)41)43-32(3,4)5)18(2)35-25-15-24(36-38(25)27)30(39)37(6)16-19-10-7-8-12-22(19)33/h7-8,10,12,14-15,29H,9,11,13,16H2,1-6H3,(H,40,41)/t29-/m0/s1. The van der Waals surface area contributed by atoms with Crippen LogP contribution in [0, 0.1) is 25.5 Å². The van der Waals surface area contributed by atoms with E-state index in [2.05, 4.69) is 10.1 Å². The van der Waals surface area contributed by atoms with Crippen molar-refractivity contribution in [3.05, 3.63) is 81.7 Å². The molecular weight excluding hydrogens is 558 g/mol. The molecule has 3 heterocycles.